The van der Waals surface area contributed by atoms with Crippen molar-refractivity contribution >= 4 is 28.1 Å². The van der Waals surface area contributed by atoms with Crippen LogP contribution in [0.15, 0.2) is 30.3 Å². The van der Waals surface area contributed by atoms with E-state index in [0.717, 1.165) is 0 Å². The van der Waals surface area contributed by atoms with Crippen molar-refractivity contribution in [1.82, 2.24) is 0 Å². The van der Waals surface area contributed by atoms with Gasteiger partial charge in [-0.2, -0.15) is 0 Å². The summed E-state index contributed by atoms with van der Waals surface area (Å²) < 4.78 is 0. The zero-order valence-corrected chi connectivity index (χ0v) is 8.23. The van der Waals surface area contributed by atoms with Crippen molar-refractivity contribution in [2.75, 3.05) is 0 Å². The Kier molecular flexibility index (Phi) is 2.21. The molecule has 5 heteroatoms. The molecule has 0 amide bonds. The Morgan fingerprint density at radius 2 is 1.87 bits per heavy atom. The lowest BCUT2D eigenvalue weighted by Crippen LogP contribution is -1.90. The van der Waals surface area contributed by atoms with Crippen LogP contribution in [0.5, 0.6) is 5.75 Å². The van der Waals surface area contributed by atoms with E-state index in [-0.39, 0.29) is 5.69 Å². The predicted molar refractivity (Wildman–Crippen MR) is 57.3 cm³/mol. The molecular formula is C10H6ClNO3. The number of benzene rings is 2. The van der Waals surface area contributed by atoms with E-state index in [4.69, 9.17) is 11.6 Å². The molecule has 0 spiro atoms. The molecule has 1 N–H and O–H groups in total. The Balaban J connectivity index is 2.96. The van der Waals surface area contributed by atoms with Gasteiger partial charge in [-0.25, -0.2) is 0 Å². The molecule has 0 atom stereocenters. The van der Waals surface area contributed by atoms with E-state index in [1.54, 1.807) is 24.3 Å². The summed E-state index contributed by atoms with van der Waals surface area (Å²) in [4.78, 5) is 10.1. The molecule has 0 unspecified atom stereocenters. The molecule has 0 saturated carbocycles. The predicted octanol–water partition coefficient (Wildman–Crippen LogP) is 3.11. The summed E-state index contributed by atoms with van der Waals surface area (Å²) in [5, 5.41) is 21.4. The average molecular weight is 224 g/mol. The molecule has 0 aliphatic carbocycles. The highest BCUT2D eigenvalue weighted by molar-refractivity contribution is 6.36. The number of phenolic OH excluding ortho intramolecular Hbond substituents is 1. The van der Waals surface area contributed by atoms with E-state index in [1.165, 1.54) is 6.07 Å². The lowest BCUT2D eigenvalue weighted by molar-refractivity contribution is -0.384. The highest BCUT2D eigenvalue weighted by Crippen LogP contribution is 2.38. The lowest BCUT2D eigenvalue weighted by atomic mass is 10.1. The van der Waals surface area contributed by atoms with Crippen molar-refractivity contribution in [1.29, 1.82) is 0 Å². The molecular weight excluding hydrogens is 218 g/mol. The van der Waals surface area contributed by atoms with E-state index in [1.807, 2.05) is 0 Å². The largest absolute Gasteiger partial charge is 0.502 e. The lowest BCUT2D eigenvalue weighted by Gasteiger charge is -2.03. The van der Waals surface area contributed by atoms with Crippen LogP contribution in [0.25, 0.3) is 10.8 Å². The second-order valence-electron chi connectivity index (χ2n) is 3.03. The zero-order valence-electron chi connectivity index (χ0n) is 7.48. The molecule has 0 aliphatic heterocycles. The van der Waals surface area contributed by atoms with Gasteiger partial charge in [-0.05, 0) is 6.07 Å². The number of rotatable bonds is 1. The van der Waals surface area contributed by atoms with Gasteiger partial charge in [0.15, 0.2) is 5.75 Å². The van der Waals surface area contributed by atoms with Crippen molar-refractivity contribution in [3.05, 3.63) is 45.5 Å². The molecule has 0 heterocycles. The molecule has 0 saturated heterocycles. The van der Waals surface area contributed by atoms with Crippen molar-refractivity contribution in [3.63, 3.8) is 0 Å². The van der Waals surface area contributed by atoms with Gasteiger partial charge in [0.05, 0.1) is 15.3 Å². The highest BCUT2D eigenvalue weighted by Gasteiger charge is 2.19. The summed E-state index contributed by atoms with van der Waals surface area (Å²) in [7, 11) is 0. The highest BCUT2D eigenvalue weighted by atomic mass is 35.5. The van der Waals surface area contributed by atoms with Crippen molar-refractivity contribution < 1.29 is 10.0 Å². The third kappa shape index (κ3) is 1.49. The zero-order chi connectivity index (χ0) is 11.0. The third-order valence-corrected chi connectivity index (χ3v) is 2.44. The van der Waals surface area contributed by atoms with Crippen LogP contribution in [-0.4, -0.2) is 10.0 Å². The minimum absolute atomic E-state index is 0.300. The summed E-state index contributed by atoms with van der Waals surface area (Å²) >= 11 is 5.86. The molecule has 76 valence electrons. The Morgan fingerprint density at radius 1 is 1.27 bits per heavy atom. The molecule has 4 nitrogen and oxygen atoms in total. The van der Waals surface area contributed by atoms with E-state index >= 15 is 0 Å². The number of hydrogen-bond donors (Lipinski definition) is 1. The van der Waals surface area contributed by atoms with Crippen LogP contribution in [0.1, 0.15) is 0 Å². The van der Waals surface area contributed by atoms with Gasteiger partial charge in [-0.1, -0.05) is 29.8 Å². The fourth-order valence-corrected chi connectivity index (χ4v) is 1.76. The molecule has 0 aliphatic rings. The second kappa shape index (κ2) is 3.40. The first-order valence-electron chi connectivity index (χ1n) is 4.16. The van der Waals surface area contributed by atoms with Crippen LogP contribution in [0.2, 0.25) is 5.02 Å². The molecule has 0 aromatic heterocycles. The van der Waals surface area contributed by atoms with Gasteiger partial charge in [0, 0.05) is 11.5 Å². The molecule has 2 aromatic carbocycles. The van der Waals surface area contributed by atoms with E-state index in [9.17, 15) is 15.2 Å². The number of fused-ring (bicyclic) bond motifs is 1. The first kappa shape index (κ1) is 9.73. The maximum absolute atomic E-state index is 10.7. The molecule has 0 fully saturated rings. The molecule has 2 aromatic rings. The number of nitro groups is 1. The number of phenols is 1. The van der Waals surface area contributed by atoms with Crippen LogP contribution in [0.3, 0.4) is 0 Å². The topological polar surface area (TPSA) is 63.4 Å². The summed E-state index contributed by atoms with van der Waals surface area (Å²) in [5.41, 5.74) is -0.310. The van der Waals surface area contributed by atoms with Crippen molar-refractivity contribution in [3.8, 4) is 5.75 Å². The van der Waals surface area contributed by atoms with Gasteiger partial charge in [0.1, 0.15) is 0 Å². The second-order valence-corrected chi connectivity index (χ2v) is 3.44. The Hall–Kier alpha value is -1.81. The molecule has 2 rings (SSSR count). The normalized spacial score (nSPS) is 10.5. The smallest absolute Gasteiger partial charge is 0.318 e. The molecule has 15 heavy (non-hydrogen) atoms. The fourth-order valence-electron chi connectivity index (χ4n) is 1.49. The molecule has 0 radical (unpaired) electrons. The van der Waals surface area contributed by atoms with Gasteiger partial charge >= 0.3 is 5.69 Å². The first-order chi connectivity index (χ1) is 7.11. The van der Waals surface area contributed by atoms with Crippen LogP contribution >= 0.6 is 11.6 Å². The number of aromatic hydroxyl groups is 1. The minimum atomic E-state index is -0.617. The summed E-state index contributed by atoms with van der Waals surface area (Å²) in [6.07, 6.45) is 0. The van der Waals surface area contributed by atoms with Crippen LogP contribution in [0, 0.1) is 10.1 Å². The standard InChI is InChI=1S/C10H6ClNO3/c11-8-5-9(13)10(12(14)15)7-4-2-1-3-6(7)8/h1-5,13H. The summed E-state index contributed by atoms with van der Waals surface area (Å²) in [5.74, 6) is -0.413. The Bertz CT molecular complexity index is 554. The molecule has 0 bridgehead atoms. The minimum Gasteiger partial charge on any atom is -0.502 e. The number of hydrogen-bond acceptors (Lipinski definition) is 3. The fraction of sp³-hybridized carbons (Fsp3) is 0. The number of halogens is 1. The SMILES string of the molecule is O=[N+]([O-])c1c(O)cc(Cl)c2ccccc12. The number of nitrogens with zero attached hydrogens (tertiary/aromatic N) is 1. The third-order valence-electron chi connectivity index (χ3n) is 2.13. The number of nitro benzene ring substituents is 1. The van der Waals surface area contributed by atoms with E-state index in [0.29, 0.717) is 15.8 Å². The van der Waals surface area contributed by atoms with Crippen molar-refractivity contribution in [2.45, 2.75) is 0 Å². The van der Waals surface area contributed by atoms with Crippen LogP contribution in [-0.2, 0) is 0 Å². The van der Waals surface area contributed by atoms with Crippen LogP contribution < -0.4 is 0 Å². The monoisotopic (exact) mass is 223 g/mol. The van der Waals surface area contributed by atoms with E-state index < -0.39 is 10.7 Å². The maximum Gasteiger partial charge on any atom is 0.318 e. The quantitative estimate of drug-likeness (QED) is 0.597. The van der Waals surface area contributed by atoms with Crippen molar-refractivity contribution in [2.24, 2.45) is 0 Å². The average Bonchev–Trinajstić information content (AvgIpc) is 2.17. The van der Waals surface area contributed by atoms with Gasteiger partial charge in [0.2, 0.25) is 0 Å². The maximum atomic E-state index is 10.7. The van der Waals surface area contributed by atoms with Gasteiger partial charge in [0.25, 0.3) is 0 Å². The van der Waals surface area contributed by atoms with Gasteiger partial charge in [-0.3, -0.25) is 10.1 Å². The first-order valence-corrected chi connectivity index (χ1v) is 4.53. The van der Waals surface area contributed by atoms with Gasteiger partial charge in [-0.15, -0.1) is 0 Å². The Morgan fingerprint density at radius 3 is 2.47 bits per heavy atom. The summed E-state index contributed by atoms with van der Waals surface area (Å²) in [6, 6.07) is 7.80. The van der Waals surface area contributed by atoms with E-state index in [2.05, 4.69) is 0 Å². The summed E-state index contributed by atoms with van der Waals surface area (Å²) in [6.45, 7) is 0. The van der Waals surface area contributed by atoms with Crippen LogP contribution in [0.4, 0.5) is 5.69 Å². The van der Waals surface area contributed by atoms with Gasteiger partial charge < -0.3 is 5.11 Å². The Labute approximate surface area is 89.9 Å².